The molecule has 2 aromatic carbocycles. The summed E-state index contributed by atoms with van der Waals surface area (Å²) in [6.45, 7) is 0. The number of furan rings is 1. The third-order valence-electron chi connectivity index (χ3n) is 4.14. The summed E-state index contributed by atoms with van der Waals surface area (Å²) in [5.41, 5.74) is 1.59. The summed E-state index contributed by atoms with van der Waals surface area (Å²) in [6, 6.07) is 14.1. The third kappa shape index (κ3) is 3.27. The van der Waals surface area contributed by atoms with Gasteiger partial charge in [0.25, 0.3) is 5.91 Å². The second-order valence-electron chi connectivity index (χ2n) is 5.85. The molecule has 0 saturated heterocycles. The number of rotatable bonds is 4. The fraction of sp³-hybridized carbons (Fsp3) is 0.100. The Hall–Kier alpha value is -3.25. The number of nitrogens with zero attached hydrogens (tertiary/aromatic N) is 1. The molecule has 6 nitrogen and oxygen atoms in total. The molecule has 1 amide bonds. The van der Waals surface area contributed by atoms with Crippen LogP contribution in [0.3, 0.4) is 0 Å². The van der Waals surface area contributed by atoms with Crippen LogP contribution in [0.2, 0.25) is 5.02 Å². The topological polar surface area (TPSA) is 73.6 Å². The Morgan fingerprint density at radius 1 is 1.04 bits per heavy atom. The molecular weight excluding hydrogens is 368 g/mol. The number of anilines is 1. The molecule has 7 heteroatoms. The van der Waals surface area contributed by atoms with Crippen molar-refractivity contribution in [1.29, 1.82) is 0 Å². The van der Waals surface area contributed by atoms with Crippen LogP contribution < -0.4 is 14.8 Å². The van der Waals surface area contributed by atoms with Crippen LogP contribution in [0.1, 0.15) is 10.6 Å². The highest BCUT2D eigenvalue weighted by Crippen LogP contribution is 2.29. The lowest BCUT2D eigenvalue weighted by Crippen LogP contribution is -2.11. The van der Waals surface area contributed by atoms with E-state index in [1.807, 2.05) is 24.3 Å². The van der Waals surface area contributed by atoms with Gasteiger partial charge >= 0.3 is 0 Å². The molecule has 2 heterocycles. The maximum atomic E-state index is 12.6. The monoisotopic (exact) mass is 382 g/mol. The molecule has 1 N–H and O–H groups in total. The Bertz CT molecular complexity index is 1170. The number of aromatic nitrogens is 1. The van der Waals surface area contributed by atoms with Gasteiger partial charge < -0.3 is 19.2 Å². The Balaban J connectivity index is 1.70. The van der Waals surface area contributed by atoms with Gasteiger partial charge in [-0.05, 0) is 48.5 Å². The molecule has 0 unspecified atom stereocenters. The minimum Gasteiger partial charge on any atom is -0.497 e. The number of hydrogen-bond donors (Lipinski definition) is 1. The summed E-state index contributed by atoms with van der Waals surface area (Å²) in [4.78, 5) is 17.1. The fourth-order valence-electron chi connectivity index (χ4n) is 2.81. The fourth-order valence-corrected chi connectivity index (χ4v) is 2.99. The van der Waals surface area contributed by atoms with Gasteiger partial charge in [-0.2, -0.15) is 0 Å². The molecule has 0 radical (unpaired) electrons. The molecule has 27 heavy (non-hydrogen) atoms. The van der Waals surface area contributed by atoms with Crippen LogP contribution in [0.4, 0.5) is 5.69 Å². The van der Waals surface area contributed by atoms with Crippen LogP contribution in [0, 0.1) is 0 Å². The van der Waals surface area contributed by atoms with Crippen molar-refractivity contribution >= 4 is 45.2 Å². The van der Waals surface area contributed by atoms with Gasteiger partial charge in [-0.3, -0.25) is 4.79 Å². The van der Waals surface area contributed by atoms with Crippen molar-refractivity contribution < 1.29 is 18.7 Å². The van der Waals surface area contributed by atoms with E-state index in [1.54, 1.807) is 31.4 Å². The lowest BCUT2D eigenvalue weighted by molar-refractivity contribution is 0.0998. The summed E-state index contributed by atoms with van der Waals surface area (Å²) in [6.07, 6.45) is 0. The van der Waals surface area contributed by atoms with E-state index < -0.39 is 5.91 Å². The molecule has 4 rings (SSSR count). The van der Waals surface area contributed by atoms with Gasteiger partial charge in [-0.1, -0.05) is 11.6 Å². The predicted molar refractivity (Wildman–Crippen MR) is 104 cm³/mol. The van der Waals surface area contributed by atoms with Gasteiger partial charge in [0.05, 0.1) is 25.4 Å². The summed E-state index contributed by atoms with van der Waals surface area (Å²) < 4.78 is 16.1. The van der Waals surface area contributed by atoms with Gasteiger partial charge in [0.1, 0.15) is 11.5 Å². The number of amides is 1. The SMILES string of the molecule is COc1ccc2nc3oc(C(=O)Nc4cc(Cl)ccc4OC)cc3cc2c1. The predicted octanol–water partition coefficient (Wildman–Crippen LogP) is 4.90. The smallest absolute Gasteiger partial charge is 0.291 e. The number of methoxy groups -OCH3 is 2. The van der Waals surface area contributed by atoms with E-state index in [2.05, 4.69) is 10.3 Å². The van der Waals surface area contributed by atoms with E-state index in [-0.39, 0.29) is 5.76 Å². The molecule has 0 bridgehead atoms. The normalized spacial score (nSPS) is 10.9. The standard InChI is InChI=1S/C20H15ClN2O4/c1-25-14-4-5-15-11(8-14)7-12-9-18(27-20(12)23-15)19(24)22-16-10-13(21)3-6-17(16)26-2/h3-10H,1-2H3,(H,22,24). The molecule has 4 aromatic rings. The quantitative estimate of drug-likeness (QED) is 0.543. The summed E-state index contributed by atoms with van der Waals surface area (Å²) >= 11 is 6.00. The Morgan fingerprint density at radius 2 is 1.89 bits per heavy atom. The number of hydrogen-bond acceptors (Lipinski definition) is 5. The van der Waals surface area contributed by atoms with E-state index in [1.165, 1.54) is 7.11 Å². The first-order valence-electron chi connectivity index (χ1n) is 8.10. The number of benzene rings is 2. The molecule has 136 valence electrons. The highest BCUT2D eigenvalue weighted by Gasteiger charge is 2.16. The van der Waals surface area contributed by atoms with Crippen molar-refractivity contribution in [3.63, 3.8) is 0 Å². The van der Waals surface area contributed by atoms with Gasteiger partial charge in [0, 0.05) is 15.8 Å². The van der Waals surface area contributed by atoms with Crippen molar-refractivity contribution in [3.8, 4) is 11.5 Å². The Morgan fingerprint density at radius 3 is 2.67 bits per heavy atom. The van der Waals surface area contributed by atoms with E-state index in [9.17, 15) is 4.79 Å². The zero-order valence-corrected chi connectivity index (χ0v) is 15.3. The van der Waals surface area contributed by atoms with Gasteiger partial charge in [0.2, 0.25) is 5.71 Å². The summed E-state index contributed by atoms with van der Waals surface area (Å²) in [5, 5.41) is 4.85. The second-order valence-corrected chi connectivity index (χ2v) is 6.29. The summed E-state index contributed by atoms with van der Waals surface area (Å²) in [5.74, 6) is 0.954. The number of fused-ring (bicyclic) bond motifs is 2. The minimum absolute atomic E-state index is 0.141. The first-order valence-corrected chi connectivity index (χ1v) is 8.48. The van der Waals surface area contributed by atoms with Crippen LogP contribution in [-0.2, 0) is 0 Å². The number of carbonyl (C=O) groups excluding carboxylic acids is 1. The minimum atomic E-state index is -0.421. The Kier molecular flexibility index (Phi) is 4.33. The number of ether oxygens (including phenoxy) is 2. The highest BCUT2D eigenvalue weighted by molar-refractivity contribution is 6.31. The molecule has 0 fully saturated rings. The maximum Gasteiger partial charge on any atom is 0.291 e. The number of nitrogens with one attached hydrogen (secondary N) is 1. The molecule has 0 aliphatic heterocycles. The largest absolute Gasteiger partial charge is 0.497 e. The second kappa shape index (κ2) is 6.81. The number of carbonyl (C=O) groups is 1. The van der Waals surface area contributed by atoms with Crippen LogP contribution in [0.25, 0.3) is 22.0 Å². The van der Waals surface area contributed by atoms with Gasteiger partial charge in [0.15, 0.2) is 5.76 Å². The van der Waals surface area contributed by atoms with Crippen molar-refractivity contribution in [2.75, 3.05) is 19.5 Å². The van der Waals surface area contributed by atoms with Crippen LogP contribution >= 0.6 is 11.6 Å². The zero-order valence-electron chi connectivity index (χ0n) is 14.6. The molecule has 2 aromatic heterocycles. The van der Waals surface area contributed by atoms with Gasteiger partial charge in [-0.25, -0.2) is 4.98 Å². The number of pyridine rings is 1. The highest BCUT2D eigenvalue weighted by atomic mass is 35.5. The third-order valence-corrected chi connectivity index (χ3v) is 4.38. The van der Waals surface area contributed by atoms with Crippen molar-refractivity contribution in [2.24, 2.45) is 0 Å². The molecular formula is C20H15ClN2O4. The van der Waals surface area contributed by atoms with E-state index in [0.29, 0.717) is 22.2 Å². The molecule has 0 aliphatic carbocycles. The van der Waals surface area contributed by atoms with Crippen molar-refractivity contribution in [3.05, 3.63) is 59.3 Å². The zero-order chi connectivity index (χ0) is 19.0. The van der Waals surface area contributed by atoms with E-state index in [4.69, 9.17) is 25.5 Å². The molecule has 0 atom stereocenters. The average molecular weight is 383 g/mol. The van der Waals surface area contributed by atoms with Crippen molar-refractivity contribution in [1.82, 2.24) is 4.98 Å². The average Bonchev–Trinajstić information content (AvgIpc) is 3.09. The first kappa shape index (κ1) is 17.2. The van der Waals surface area contributed by atoms with E-state index in [0.717, 1.165) is 22.0 Å². The molecule has 0 saturated carbocycles. The van der Waals surface area contributed by atoms with Crippen LogP contribution in [-0.4, -0.2) is 25.1 Å². The number of halogens is 1. The summed E-state index contributed by atoms with van der Waals surface area (Å²) in [7, 11) is 3.13. The van der Waals surface area contributed by atoms with Gasteiger partial charge in [-0.15, -0.1) is 0 Å². The van der Waals surface area contributed by atoms with Crippen molar-refractivity contribution in [2.45, 2.75) is 0 Å². The maximum absolute atomic E-state index is 12.6. The lowest BCUT2D eigenvalue weighted by atomic mass is 10.2. The lowest BCUT2D eigenvalue weighted by Gasteiger charge is -2.09. The molecule has 0 spiro atoms. The Labute approximate surface area is 159 Å². The van der Waals surface area contributed by atoms with Crippen LogP contribution in [0.5, 0.6) is 11.5 Å². The first-order chi connectivity index (χ1) is 13.1. The van der Waals surface area contributed by atoms with E-state index >= 15 is 0 Å². The molecule has 0 aliphatic rings. The van der Waals surface area contributed by atoms with Crippen LogP contribution in [0.15, 0.2) is 52.9 Å².